The molecule has 1 N–H and O–H groups in total. The highest BCUT2D eigenvalue weighted by Gasteiger charge is 2.25. The number of carbonyl (C=O) groups excluding carboxylic acids is 1. The number of pyridine rings is 1. The SMILES string of the molecule is CCCOc1ncccc1CNC(=NC)N1CCN(C(=O)c2ccco2)CC1.I. The van der Waals surface area contributed by atoms with E-state index in [9.17, 15) is 4.79 Å². The van der Waals surface area contributed by atoms with Crippen LogP contribution in [-0.4, -0.2) is 66.5 Å². The fourth-order valence-electron chi connectivity index (χ4n) is 3.07. The van der Waals surface area contributed by atoms with Crippen LogP contribution in [0.15, 0.2) is 46.1 Å². The van der Waals surface area contributed by atoms with E-state index in [1.165, 1.54) is 6.26 Å². The molecule has 1 saturated heterocycles. The number of aromatic nitrogens is 1. The van der Waals surface area contributed by atoms with Crippen LogP contribution < -0.4 is 10.1 Å². The number of amides is 1. The molecule has 158 valence electrons. The van der Waals surface area contributed by atoms with E-state index in [1.807, 2.05) is 12.1 Å². The van der Waals surface area contributed by atoms with Gasteiger partial charge in [-0.25, -0.2) is 4.98 Å². The summed E-state index contributed by atoms with van der Waals surface area (Å²) in [6.07, 6.45) is 4.19. The van der Waals surface area contributed by atoms with Crippen LogP contribution in [0, 0.1) is 0 Å². The van der Waals surface area contributed by atoms with Gasteiger partial charge in [-0.3, -0.25) is 9.79 Å². The molecule has 0 bridgehead atoms. The van der Waals surface area contributed by atoms with Gasteiger partial charge in [-0.2, -0.15) is 0 Å². The fourth-order valence-corrected chi connectivity index (χ4v) is 3.07. The number of carbonyl (C=O) groups is 1. The second-order valence-electron chi connectivity index (χ2n) is 6.47. The van der Waals surface area contributed by atoms with Crippen molar-refractivity contribution >= 4 is 35.8 Å². The molecule has 0 aliphatic carbocycles. The molecule has 8 nitrogen and oxygen atoms in total. The molecule has 0 radical (unpaired) electrons. The van der Waals surface area contributed by atoms with E-state index in [1.54, 1.807) is 30.3 Å². The molecule has 2 aromatic heterocycles. The Hall–Kier alpha value is -2.30. The molecule has 0 spiro atoms. The number of nitrogens with one attached hydrogen (secondary N) is 1. The van der Waals surface area contributed by atoms with Crippen LogP contribution in [0.3, 0.4) is 0 Å². The lowest BCUT2D eigenvalue weighted by atomic mass is 10.2. The van der Waals surface area contributed by atoms with Gasteiger partial charge in [-0.1, -0.05) is 13.0 Å². The third-order valence-electron chi connectivity index (χ3n) is 4.54. The second-order valence-corrected chi connectivity index (χ2v) is 6.47. The number of aliphatic imine (C=N–C) groups is 1. The minimum absolute atomic E-state index is 0. The van der Waals surface area contributed by atoms with Gasteiger partial charge in [0.1, 0.15) is 0 Å². The van der Waals surface area contributed by atoms with Crippen molar-refractivity contribution in [2.24, 2.45) is 4.99 Å². The average Bonchev–Trinajstić information content (AvgIpc) is 3.28. The first kappa shape index (κ1) is 23.0. The Labute approximate surface area is 188 Å². The lowest BCUT2D eigenvalue weighted by molar-refractivity contribution is 0.0657. The van der Waals surface area contributed by atoms with E-state index in [-0.39, 0.29) is 29.9 Å². The number of nitrogens with zero attached hydrogens (tertiary/aromatic N) is 4. The standard InChI is InChI=1S/C20H27N5O3.HI/c1-3-13-28-18-16(6-4-8-22-18)15-23-20(21-2)25-11-9-24(10-12-25)19(26)17-7-5-14-27-17;/h4-8,14H,3,9-13,15H2,1-2H3,(H,21,23);1H. The number of ether oxygens (including phenoxy) is 1. The molecule has 1 amide bonds. The summed E-state index contributed by atoms with van der Waals surface area (Å²) in [5, 5.41) is 3.38. The van der Waals surface area contributed by atoms with Crippen LogP contribution in [0.1, 0.15) is 29.5 Å². The summed E-state index contributed by atoms with van der Waals surface area (Å²) in [7, 11) is 1.76. The van der Waals surface area contributed by atoms with Gasteiger partial charge in [0.25, 0.3) is 5.91 Å². The number of hydrogen-bond donors (Lipinski definition) is 1. The summed E-state index contributed by atoms with van der Waals surface area (Å²) >= 11 is 0. The summed E-state index contributed by atoms with van der Waals surface area (Å²) < 4.78 is 10.9. The maximum absolute atomic E-state index is 12.4. The molecule has 3 heterocycles. The third-order valence-corrected chi connectivity index (χ3v) is 4.54. The van der Waals surface area contributed by atoms with Crippen LogP contribution in [-0.2, 0) is 6.54 Å². The number of hydrogen-bond acceptors (Lipinski definition) is 5. The normalized spacial score (nSPS) is 14.3. The van der Waals surface area contributed by atoms with Gasteiger partial charge in [0.2, 0.25) is 5.88 Å². The van der Waals surface area contributed by atoms with Crippen molar-refractivity contribution in [1.29, 1.82) is 0 Å². The summed E-state index contributed by atoms with van der Waals surface area (Å²) in [6.45, 7) is 5.95. The maximum atomic E-state index is 12.4. The summed E-state index contributed by atoms with van der Waals surface area (Å²) in [5.74, 6) is 1.77. The minimum Gasteiger partial charge on any atom is -0.477 e. The predicted molar refractivity (Wildman–Crippen MR) is 122 cm³/mol. The zero-order valence-electron chi connectivity index (χ0n) is 16.8. The highest BCUT2D eigenvalue weighted by atomic mass is 127. The van der Waals surface area contributed by atoms with Crippen molar-refractivity contribution in [1.82, 2.24) is 20.1 Å². The van der Waals surface area contributed by atoms with Gasteiger partial charge < -0.3 is 24.3 Å². The van der Waals surface area contributed by atoms with Crippen LogP contribution in [0.25, 0.3) is 0 Å². The molecule has 0 atom stereocenters. The van der Waals surface area contributed by atoms with Gasteiger partial charge in [0.15, 0.2) is 11.7 Å². The quantitative estimate of drug-likeness (QED) is 0.364. The van der Waals surface area contributed by atoms with Gasteiger partial charge in [0.05, 0.1) is 12.9 Å². The Morgan fingerprint density at radius 1 is 1.24 bits per heavy atom. The Bertz CT molecular complexity index is 789. The molecule has 0 unspecified atom stereocenters. The molecular weight excluding hydrogens is 485 g/mol. The predicted octanol–water partition coefficient (Wildman–Crippen LogP) is 2.61. The Kier molecular flexibility index (Phi) is 9.23. The maximum Gasteiger partial charge on any atom is 0.289 e. The smallest absolute Gasteiger partial charge is 0.289 e. The molecule has 1 aliphatic rings. The fraction of sp³-hybridized carbons (Fsp3) is 0.450. The first-order valence-corrected chi connectivity index (χ1v) is 9.58. The Balaban J connectivity index is 0.00000300. The highest BCUT2D eigenvalue weighted by molar-refractivity contribution is 14.0. The van der Waals surface area contributed by atoms with E-state index < -0.39 is 0 Å². The summed E-state index contributed by atoms with van der Waals surface area (Å²) in [4.78, 5) is 25.0. The lowest BCUT2D eigenvalue weighted by Crippen LogP contribution is -2.53. The molecule has 29 heavy (non-hydrogen) atoms. The van der Waals surface area contributed by atoms with Crippen LogP contribution >= 0.6 is 24.0 Å². The van der Waals surface area contributed by atoms with E-state index >= 15 is 0 Å². The third kappa shape index (κ3) is 6.09. The highest BCUT2D eigenvalue weighted by Crippen LogP contribution is 2.15. The number of guanidine groups is 1. The largest absolute Gasteiger partial charge is 0.477 e. The van der Waals surface area contributed by atoms with Crippen molar-refractivity contribution in [3.05, 3.63) is 48.0 Å². The van der Waals surface area contributed by atoms with E-state index in [0.29, 0.717) is 51.0 Å². The monoisotopic (exact) mass is 513 g/mol. The zero-order valence-corrected chi connectivity index (χ0v) is 19.2. The van der Waals surface area contributed by atoms with Gasteiger partial charge >= 0.3 is 0 Å². The van der Waals surface area contributed by atoms with Gasteiger partial charge in [-0.05, 0) is 24.6 Å². The minimum atomic E-state index is -0.0688. The number of rotatable bonds is 6. The Morgan fingerprint density at radius 3 is 2.66 bits per heavy atom. The van der Waals surface area contributed by atoms with Crippen LogP contribution in [0.2, 0.25) is 0 Å². The van der Waals surface area contributed by atoms with Crippen LogP contribution in [0.4, 0.5) is 0 Å². The molecule has 1 aliphatic heterocycles. The molecule has 1 fully saturated rings. The van der Waals surface area contributed by atoms with E-state index in [0.717, 1.165) is 17.9 Å². The summed E-state index contributed by atoms with van der Waals surface area (Å²) in [6, 6.07) is 7.32. The molecule has 3 rings (SSSR count). The van der Waals surface area contributed by atoms with Crippen molar-refractivity contribution in [2.45, 2.75) is 19.9 Å². The average molecular weight is 513 g/mol. The topological polar surface area (TPSA) is 83.2 Å². The molecule has 9 heteroatoms. The lowest BCUT2D eigenvalue weighted by Gasteiger charge is -2.36. The zero-order chi connectivity index (χ0) is 19.8. The van der Waals surface area contributed by atoms with Crippen molar-refractivity contribution in [2.75, 3.05) is 39.8 Å². The summed E-state index contributed by atoms with van der Waals surface area (Å²) in [5.41, 5.74) is 0.990. The number of piperazine rings is 1. The van der Waals surface area contributed by atoms with Crippen molar-refractivity contribution in [3.8, 4) is 5.88 Å². The molecule has 2 aromatic rings. The number of furan rings is 1. The van der Waals surface area contributed by atoms with Crippen LogP contribution in [0.5, 0.6) is 5.88 Å². The molecule has 0 aromatic carbocycles. The van der Waals surface area contributed by atoms with E-state index in [2.05, 4.69) is 27.1 Å². The van der Waals surface area contributed by atoms with Crippen molar-refractivity contribution in [3.63, 3.8) is 0 Å². The second kappa shape index (κ2) is 11.6. The van der Waals surface area contributed by atoms with Crippen molar-refractivity contribution < 1.29 is 13.9 Å². The van der Waals surface area contributed by atoms with Gasteiger partial charge in [-0.15, -0.1) is 24.0 Å². The van der Waals surface area contributed by atoms with Gasteiger partial charge in [0, 0.05) is 51.5 Å². The van der Waals surface area contributed by atoms with E-state index in [4.69, 9.17) is 9.15 Å². The first-order chi connectivity index (χ1) is 13.7. The molecular formula is C20H28IN5O3. The number of halogens is 1. The first-order valence-electron chi connectivity index (χ1n) is 9.58. The Morgan fingerprint density at radius 2 is 2.00 bits per heavy atom. The molecule has 0 saturated carbocycles.